The Morgan fingerprint density at radius 2 is 1.66 bits per heavy atom. The smallest absolute Gasteiger partial charge is 0.251 e. The number of nitrogens with one attached hydrogen (secondary N) is 1. The molecule has 184 valence electrons. The summed E-state index contributed by atoms with van der Waals surface area (Å²) in [6, 6.07) is 21.2. The molecule has 2 heterocycles. The number of piperidine rings is 1. The van der Waals surface area contributed by atoms with Crippen molar-refractivity contribution < 1.29 is 4.79 Å². The average Bonchev–Trinajstić information content (AvgIpc) is 3.26. The lowest BCUT2D eigenvalue weighted by molar-refractivity contribution is 0.0947. The van der Waals surface area contributed by atoms with Crippen molar-refractivity contribution in [2.75, 3.05) is 26.2 Å². The number of aryl methyl sites for hydroxylation is 1. The van der Waals surface area contributed by atoms with Gasteiger partial charge in [0.05, 0.1) is 5.69 Å². The largest absolute Gasteiger partial charge is 0.352 e. The molecule has 2 aliphatic rings. The Morgan fingerprint density at radius 1 is 0.943 bits per heavy atom. The third-order valence-electron chi connectivity index (χ3n) is 7.64. The molecule has 5 rings (SSSR count). The van der Waals surface area contributed by atoms with Gasteiger partial charge in [-0.3, -0.25) is 4.79 Å². The monoisotopic (exact) mass is 469 g/mol. The van der Waals surface area contributed by atoms with Crippen LogP contribution in [-0.2, 0) is 12.8 Å². The third-order valence-corrected chi connectivity index (χ3v) is 7.64. The number of hydrogen-bond acceptors (Lipinski definition) is 2. The van der Waals surface area contributed by atoms with Gasteiger partial charge in [-0.05, 0) is 98.4 Å². The predicted molar refractivity (Wildman–Crippen MR) is 144 cm³/mol. The first-order valence-corrected chi connectivity index (χ1v) is 13.5. The summed E-state index contributed by atoms with van der Waals surface area (Å²) in [7, 11) is 0. The number of rotatable bonds is 7. The number of hydrogen-bond donors (Lipinski definition) is 1. The Kier molecular flexibility index (Phi) is 7.38. The van der Waals surface area contributed by atoms with E-state index in [1.165, 1.54) is 54.9 Å². The highest BCUT2D eigenvalue weighted by molar-refractivity contribution is 5.94. The summed E-state index contributed by atoms with van der Waals surface area (Å²) in [5, 5.41) is 3.13. The van der Waals surface area contributed by atoms with Gasteiger partial charge in [0, 0.05) is 36.6 Å². The summed E-state index contributed by atoms with van der Waals surface area (Å²) in [6.07, 6.45) is 7.10. The number of carbonyl (C=O) groups excluding carboxylic acids is 1. The number of likely N-dealkylation sites (tertiary alicyclic amines) is 1. The minimum absolute atomic E-state index is 0.0229. The highest BCUT2D eigenvalue weighted by Crippen LogP contribution is 2.34. The van der Waals surface area contributed by atoms with Crippen LogP contribution in [0.5, 0.6) is 0 Å². The van der Waals surface area contributed by atoms with Crippen LogP contribution in [0.25, 0.3) is 16.9 Å². The van der Waals surface area contributed by atoms with Crippen molar-refractivity contribution in [1.29, 1.82) is 0 Å². The fourth-order valence-electron chi connectivity index (χ4n) is 6.16. The van der Waals surface area contributed by atoms with Crippen molar-refractivity contribution in [2.45, 2.75) is 52.4 Å². The van der Waals surface area contributed by atoms with E-state index in [1.807, 2.05) is 12.1 Å². The first-order chi connectivity index (χ1) is 17.1. The molecule has 4 heteroatoms. The molecule has 4 nitrogen and oxygen atoms in total. The second kappa shape index (κ2) is 10.8. The van der Waals surface area contributed by atoms with E-state index in [0.29, 0.717) is 0 Å². The summed E-state index contributed by atoms with van der Waals surface area (Å²) in [4.78, 5) is 15.3. The van der Waals surface area contributed by atoms with Crippen molar-refractivity contribution in [3.63, 3.8) is 0 Å². The zero-order chi connectivity index (χ0) is 24.2. The van der Waals surface area contributed by atoms with Crippen molar-refractivity contribution in [1.82, 2.24) is 14.8 Å². The quantitative estimate of drug-likeness (QED) is 0.423. The lowest BCUT2D eigenvalue weighted by Gasteiger charge is -2.34. The van der Waals surface area contributed by atoms with Gasteiger partial charge < -0.3 is 14.8 Å². The van der Waals surface area contributed by atoms with E-state index >= 15 is 0 Å². The molecule has 0 unspecified atom stereocenters. The molecule has 1 saturated heterocycles. The van der Waals surface area contributed by atoms with Gasteiger partial charge in [-0.1, -0.05) is 44.2 Å². The molecule has 0 bridgehead atoms. The fourth-order valence-corrected chi connectivity index (χ4v) is 6.16. The molecule has 35 heavy (non-hydrogen) atoms. The van der Waals surface area contributed by atoms with E-state index in [-0.39, 0.29) is 5.91 Å². The second-order valence-corrected chi connectivity index (χ2v) is 10.8. The lowest BCUT2D eigenvalue weighted by atomic mass is 9.92. The molecule has 1 aliphatic carbocycles. The average molecular weight is 470 g/mol. The topological polar surface area (TPSA) is 37.3 Å². The van der Waals surface area contributed by atoms with Crippen LogP contribution in [0.3, 0.4) is 0 Å². The molecule has 1 N–H and O–H groups in total. The Labute approximate surface area is 210 Å². The Hall–Kier alpha value is -2.85. The van der Waals surface area contributed by atoms with Crippen LogP contribution in [0.2, 0.25) is 0 Å². The maximum absolute atomic E-state index is 12.8. The molecule has 0 radical (unpaired) electrons. The molecule has 2 aromatic carbocycles. The van der Waals surface area contributed by atoms with Crippen LogP contribution in [0, 0.1) is 11.8 Å². The lowest BCUT2D eigenvalue weighted by Crippen LogP contribution is -2.40. The highest BCUT2D eigenvalue weighted by atomic mass is 16.1. The van der Waals surface area contributed by atoms with Gasteiger partial charge in [-0.2, -0.15) is 0 Å². The standard InChI is InChI=1S/C31H39N3O/c1-23-19-24(2)22-33(21-23)18-8-17-32-31(35)26-13-15-28(16-14-26)34-29-12-7-6-11-27(29)20-30(34)25-9-4-3-5-10-25/h3-5,9-10,13-16,20,23-24H,6-8,11-12,17-19,21-22H2,1-2H3,(H,32,35)/t23-,24-/m1/s1. The molecule has 1 amide bonds. The van der Waals surface area contributed by atoms with Crippen LogP contribution in [0.1, 0.15) is 61.1 Å². The molecule has 0 saturated carbocycles. The molecule has 1 aromatic heterocycles. The normalized spacial score (nSPS) is 20.4. The number of nitrogens with zero attached hydrogens (tertiary/aromatic N) is 2. The van der Waals surface area contributed by atoms with Crippen LogP contribution >= 0.6 is 0 Å². The van der Waals surface area contributed by atoms with Gasteiger partial charge in [0.2, 0.25) is 0 Å². The molecule has 0 spiro atoms. The van der Waals surface area contributed by atoms with Gasteiger partial charge in [-0.15, -0.1) is 0 Å². The number of aromatic nitrogens is 1. The van der Waals surface area contributed by atoms with Crippen LogP contribution in [0.4, 0.5) is 0 Å². The molecule has 1 aliphatic heterocycles. The molecule has 3 aromatic rings. The second-order valence-electron chi connectivity index (χ2n) is 10.8. The SMILES string of the molecule is C[C@@H]1C[C@@H](C)CN(CCCNC(=O)c2ccc(-n3c(-c4ccccc4)cc4c3CCCC4)cc2)C1. The molecular weight excluding hydrogens is 430 g/mol. The molecular formula is C31H39N3O. The zero-order valence-electron chi connectivity index (χ0n) is 21.3. The number of carbonyl (C=O) groups is 1. The van der Waals surface area contributed by atoms with Crippen molar-refractivity contribution in [2.24, 2.45) is 11.8 Å². The summed E-state index contributed by atoms with van der Waals surface area (Å²) in [5.41, 5.74) is 7.24. The molecule has 1 fully saturated rings. The van der Waals surface area contributed by atoms with E-state index in [2.05, 4.69) is 77.2 Å². The Morgan fingerprint density at radius 3 is 2.40 bits per heavy atom. The van der Waals surface area contributed by atoms with E-state index in [1.54, 1.807) is 0 Å². The number of amides is 1. The fraction of sp³-hybridized carbons (Fsp3) is 0.452. The summed E-state index contributed by atoms with van der Waals surface area (Å²) >= 11 is 0. The van der Waals surface area contributed by atoms with Gasteiger partial charge in [0.15, 0.2) is 0 Å². The minimum Gasteiger partial charge on any atom is -0.352 e. The van der Waals surface area contributed by atoms with Crippen molar-refractivity contribution in [3.8, 4) is 16.9 Å². The predicted octanol–water partition coefficient (Wildman–Crippen LogP) is 6.12. The number of fused-ring (bicyclic) bond motifs is 1. The number of benzene rings is 2. The van der Waals surface area contributed by atoms with Gasteiger partial charge >= 0.3 is 0 Å². The van der Waals surface area contributed by atoms with E-state index in [9.17, 15) is 4.79 Å². The highest BCUT2D eigenvalue weighted by Gasteiger charge is 2.22. The minimum atomic E-state index is 0.0229. The molecule has 2 atom stereocenters. The van der Waals surface area contributed by atoms with E-state index in [0.717, 1.165) is 55.4 Å². The Bertz CT molecular complexity index is 1120. The van der Waals surface area contributed by atoms with Gasteiger partial charge in [0.25, 0.3) is 5.91 Å². The van der Waals surface area contributed by atoms with Gasteiger partial charge in [0.1, 0.15) is 0 Å². The summed E-state index contributed by atoms with van der Waals surface area (Å²) < 4.78 is 2.41. The maximum atomic E-state index is 12.8. The van der Waals surface area contributed by atoms with Crippen molar-refractivity contribution in [3.05, 3.63) is 77.5 Å². The van der Waals surface area contributed by atoms with Crippen LogP contribution in [0.15, 0.2) is 60.7 Å². The summed E-state index contributed by atoms with van der Waals surface area (Å²) in [5.74, 6) is 1.58. The first-order valence-electron chi connectivity index (χ1n) is 13.5. The summed E-state index contributed by atoms with van der Waals surface area (Å²) in [6.45, 7) is 8.86. The van der Waals surface area contributed by atoms with E-state index in [4.69, 9.17) is 0 Å². The van der Waals surface area contributed by atoms with Crippen LogP contribution < -0.4 is 5.32 Å². The maximum Gasteiger partial charge on any atom is 0.251 e. The van der Waals surface area contributed by atoms with Crippen molar-refractivity contribution >= 4 is 5.91 Å². The third kappa shape index (κ3) is 5.54. The van der Waals surface area contributed by atoms with Crippen LogP contribution in [-0.4, -0.2) is 41.6 Å². The first kappa shape index (κ1) is 23.9. The Balaban J connectivity index is 1.25. The van der Waals surface area contributed by atoms with E-state index < -0.39 is 0 Å². The van der Waals surface area contributed by atoms with Gasteiger partial charge in [-0.25, -0.2) is 0 Å². The zero-order valence-corrected chi connectivity index (χ0v) is 21.3.